The highest BCUT2D eigenvalue weighted by molar-refractivity contribution is 5.91. The smallest absolute Gasteiger partial charge is 0.321 e. The normalized spacial score (nSPS) is 18.7. The zero-order valence-corrected chi connectivity index (χ0v) is 11.8. The van der Waals surface area contributed by atoms with Gasteiger partial charge in [-0.25, -0.2) is 4.79 Å². The van der Waals surface area contributed by atoms with Gasteiger partial charge in [-0.2, -0.15) is 0 Å². The molecule has 0 spiro atoms. The minimum atomic E-state index is -0.824. The van der Waals surface area contributed by atoms with Crippen molar-refractivity contribution in [3.8, 4) is 0 Å². The Bertz CT molecular complexity index is 508. The largest absolute Gasteiger partial charge is 0.481 e. The lowest BCUT2D eigenvalue weighted by molar-refractivity contribution is -0.143. The molecule has 0 saturated carbocycles. The Hall–Kier alpha value is -2.04. The highest BCUT2D eigenvalue weighted by atomic mass is 16.4. The molecule has 2 amide bonds. The van der Waals surface area contributed by atoms with Gasteiger partial charge in [0.05, 0.1) is 5.92 Å². The number of benzene rings is 1. The van der Waals surface area contributed by atoms with Gasteiger partial charge in [0.25, 0.3) is 0 Å². The molecule has 2 N–H and O–H groups in total. The molecular weight excluding hydrogens is 256 g/mol. The van der Waals surface area contributed by atoms with Crippen molar-refractivity contribution in [3.05, 3.63) is 29.3 Å². The summed E-state index contributed by atoms with van der Waals surface area (Å²) in [6.45, 7) is 4.78. The van der Waals surface area contributed by atoms with Crippen LogP contribution in [0.2, 0.25) is 0 Å². The van der Waals surface area contributed by atoms with Crippen LogP contribution in [0.4, 0.5) is 10.5 Å². The average Bonchev–Trinajstić information content (AvgIpc) is 2.43. The summed E-state index contributed by atoms with van der Waals surface area (Å²) in [5, 5.41) is 12.0. The fraction of sp³-hybridized carbons (Fsp3) is 0.467. The first-order valence-electron chi connectivity index (χ1n) is 6.84. The van der Waals surface area contributed by atoms with Crippen molar-refractivity contribution in [3.63, 3.8) is 0 Å². The van der Waals surface area contributed by atoms with E-state index in [1.54, 1.807) is 4.90 Å². The highest BCUT2D eigenvalue weighted by Gasteiger charge is 2.28. The van der Waals surface area contributed by atoms with Crippen LogP contribution in [0.15, 0.2) is 18.2 Å². The number of nitrogens with zero attached hydrogens (tertiary/aromatic N) is 1. The molecule has 0 bridgehead atoms. The van der Waals surface area contributed by atoms with Crippen LogP contribution in [0.5, 0.6) is 0 Å². The second-order valence-electron chi connectivity index (χ2n) is 5.32. The number of aliphatic carboxylic acids is 1. The molecule has 1 atom stereocenters. The number of carbonyl (C=O) groups excluding carboxylic acids is 1. The number of likely N-dealkylation sites (tertiary alicyclic amines) is 1. The first-order valence-corrected chi connectivity index (χ1v) is 6.84. The van der Waals surface area contributed by atoms with E-state index in [-0.39, 0.29) is 12.6 Å². The lowest BCUT2D eigenvalue weighted by atomic mass is 9.99. The van der Waals surface area contributed by atoms with Crippen LogP contribution in [0.1, 0.15) is 24.0 Å². The van der Waals surface area contributed by atoms with E-state index in [0.717, 1.165) is 23.2 Å². The van der Waals surface area contributed by atoms with E-state index < -0.39 is 11.9 Å². The number of hydrogen-bond acceptors (Lipinski definition) is 2. The van der Waals surface area contributed by atoms with Gasteiger partial charge in [0.2, 0.25) is 0 Å². The Morgan fingerprint density at radius 3 is 2.55 bits per heavy atom. The molecule has 2 rings (SSSR count). The third-order valence-corrected chi connectivity index (χ3v) is 3.77. The highest BCUT2D eigenvalue weighted by Crippen LogP contribution is 2.22. The number of carbonyl (C=O) groups is 2. The topological polar surface area (TPSA) is 69.6 Å². The summed E-state index contributed by atoms with van der Waals surface area (Å²) < 4.78 is 0. The molecule has 1 saturated heterocycles. The van der Waals surface area contributed by atoms with Gasteiger partial charge in [-0.15, -0.1) is 0 Å². The minimum Gasteiger partial charge on any atom is -0.481 e. The maximum absolute atomic E-state index is 12.3. The van der Waals surface area contributed by atoms with E-state index in [2.05, 4.69) is 5.32 Å². The van der Waals surface area contributed by atoms with Crippen LogP contribution < -0.4 is 5.32 Å². The van der Waals surface area contributed by atoms with E-state index in [9.17, 15) is 9.59 Å². The number of carboxylic acid groups (broad SMARTS) is 1. The van der Waals surface area contributed by atoms with E-state index in [4.69, 9.17) is 5.11 Å². The number of carboxylic acids is 1. The van der Waals surface area contributed by atoms with Crippen LogP contribution in [0, 0.1) is 19.8 Å². The summed E-state index contributed by atoms with van der Waals surface area (Å²) in [7, 11) is 0. The van der Waals surface area contributed by atoms with Gasteiger partial charge in [-0.05, 0) is 37.8 Å². The molecule has 1 fully saturated rings. The number of anilines is 1. The fourth-order valence-corrected chi connectivity index (χ4v) is 2.56. The number of piperidine rings is 1. The molecule has 20 heavy (non-hydrogen) atoms. The maximum Gasteiger partial charge on any atom is 0.321 e. The molecule has 5 heteroatoms. The Morgan fingerprint density at radius 2 is 1.95 bits per heavy atom. The SMILES string of the molecule is Cc1cccc(C)c1NC(=O)N1CCCC(C(=O)O)C1. The van der Waals surface area contributed by atoms with Crippen molar-refractivity contribution in [1.29, 1.82) is 0 Å². The van der Waals surface area contributed by atoms with Gasteiger partial charge in [0.1, 0.15) is 0 Å². The Kier molecular flexibility index (Phi) is 4.27. The van der Waals surface area contributed by atoms with Crippen LogP contribution in [-0.4, -0.2) is 35.1 Å². The molecule has 0 radical (unpaired) electrons. The number of rotatable bonds is 2. The molecular formula is C15H20N2O3. The van der Waals surface area contributed by atoms with Crippen LogP contribution in [-0.2, 0) is 4.79 Å². The minimum absolute atomic E-state index is 0.214. The summed E-state index contributed by atoms with van der Waals surface area (Å²) in [5.74, 6) is -1.28. The number of aryl methyl sites for hydroxylation is 2. The van der Waals surface area contributed by atoms with Gasteiger partial charge in [0.15, 0.2) is 0 Å². The second-order valence-corrected chi connectivity index (χ2v) is 5.32. The molecule has 1 aromatic carbocycles. The van der Waals surface area contributed by atoms with Crippen LogP contribution in [0.25, 0.3) is 0 Å². The summed E-state index contributed by atoms with van der Waals surface area (Å²) >= 11 is 0. The van der Waals surface area contributed by atoms with Crippen molar-refractivity contribution < 1.29 is 14.7 Å². The quantitative estimate of drug-likeness (QED) is 0.872. The molecule has 1 heterocycles. The standard InChI is InChI=1S/C15H20N2O3/c1-10-5-3-6-11(2)13(10)16-15(20)17-8-4-7-12(9-17)14(18)19/h3,5-6,12H,4,7-9H2,1-2H3,(H,16,20)(H,18,19). The summed E-state index contributed by atoms with van der Waals surface area (Å²) in [5.41, 5.74) is 2.82. The molecule has 0 aliphatic carbocycles. The first-order chi connectivity index (χ1) is 9.49. The summed E-state index contributed by atoms with van der Waals surface area (Å²) in [6.07, 6.45) is 1.37. The lowest BCUT2D eigenvalue weighted by Crippen LogP contribution is -2.44. The number of urea groups is 1. The number of nitrogens with one attached hydrogen (secondary N) is 1. The predicted octanol–water partition coefficient (Wildman–Crippen LogP) is 2.63. The maximum atomic E-state index is 12.3. The Labute approximate surface area is 118 Å². The number of para-hydroxylation sites is 1. The van der Waals surface area contributed by atoms with Gasteiger partial charge >= 0.3 is 12.0 Å². The molecule has 1 aromatic rings. The van der Waals surface area contributed by atoms with Crippen LogP contribution >= 0.6 is 0 Å². The molecule has 108 valence electrons. The Morgan fingerprint density at radius 1 is 1.30 bits per heavy atom. The molecule has 1 aliphatic rings. The van der Waals surface area contributed by atoms with Crippen molar-refractivity contribution in [2.45, 2.75) is 26.7 Å². The van der Waals surface area contributed by atoms with Crippen molar-refractivity contribution >= 4 is 17.7 Å². The van der Waals surface area contributed by atoms with Gasteiger partial charge in [-0.3, -0.25) is 4.79 Å². The van der Waals surface area contributed by atoms with Crippen molar-refractivity contribution in [2.24, 2.45) is 5.92 Å². The monoisotopic (exact) mass is 276 g/mol. The number of hydrogen-bond donors (Lipinski definition) is 2. The predicted molar refractivity (Wildman–Crippen MR) is 76.9 cm³/mol. The first kappa shape index (κ1) is 14.4. The summed E-state index contributed by atoms with van der Waals surface area (Å²) in [6, 6.07) is 5.62. The second kappa shape index (κ2) is 5.94. The van der Waals surface area contributed by atoms with Crippen molar-refractivity contribution in [1.82, 2.24) is 4.90 Å². The molecule has 0 aromatic heterocycles. The third kappa shape index (κ3) is 3.10. The zero-order valence-electron chi connectivity index (χ0n) is 11.8. The fourth-order valence-electron chi connectivity index (χ4n) is 2.56. The van der Waals surface area contributed by atoms with Crippen LogP contribution in [0.3, 0.4) is 0 Å². The Balaban J connectivity index is 2.06. The van der Waals surface area contributed by atoms with Gasteiger partial charge in [0, 0.05) is 18.8 Å². The summed E-state index contributed by atoms with van der Waals surface area (Å²) in [4.78, 5) is 24.9. The van der Waals surface area contributed by atoms with Gasteiger partial charge in [-0.1, -0.05) is 18.2 Å². The lowest BCUT2D eigenvalue weighted by Gasteiger charge is -2.31. The van der Waals surface area contributed by atoms with E-state index >= 15 is 0 Å². The van der Waals surface area contributed by atoms with Gasteiger partial charge < -0.3 is 15.3 Å². The van der Waals surface area contributed by atoms with E-state index in [0.29, 0.717) is 13.0 Å². The molecule has 1 aliphatic heterocycles. The van der Waals surface area contributed by atoms with E-state index in [1.807, 2.05) is 32.0 Å². The molecule has 5 nitrogen and oxygen atoms in total. The number of amides is 2. The zero-order chi connectivity index (χ0) is 14.7. The van der Waals surface area contributed by atoms with E-state index in [1.165, 1.54) is 0 Å². The molecule has 1 unspecified atom stereocenters. The average molecular weight is 276 g/mol. The third-order valence-electron chi connectivity index (χ3n) is 3.77. The van der Waals surface area contributed by atoms with Crippen molar-refractivity contribution in [2.75, 3.05) is 18.4 Å².